The van der Waals surface area contributed by atoms with Crippen molar-refractivity contribution in [3.63, 3.8) is 0 Å². The first-order chi connectivity index (χ1) is 8.29. The summed E-state index contributed by atoms with van der Waals surface area (Å²) in [7, 11) is 0. The van der Waals surface area contributed by atoms with Gasteiger partial charge in [0.2, 0.25) is 0 Å². The van der Waals surface area contributed by atoms with Gasteiger partial charge in [0.15, 0.2) is 0 Å². The highest BCUT2D eigenvalue weighted by molar-refractivity contribution is 5.59. The summed E-state index contributed by atoms with van der Waals surface area (Å²) in [6.07, 6.45) is 2.45. The maximum absolute atomic E-state index is 8.87. The number of aliphatic hydroxyl groups is 1. The molecule has 0 fully saturated rings. The van der Waals surface area contributed by atoms with Gasteiger partial charge in [0.25, 0.3) is 0 Å². The molecule has 0 unspecified atom stereocenters. The Morgan fingerprint density at radius 2 is 2.00 bits per heavy atom. The van der Waals surface area contributed by atoms with Crippen molar-refractivity contribution in [2.45, 2.75) is 13.3 Å². The van der Waals surface area contributed by atoms with Crippen molar-refractivity contribution >= 4 is 11.5 Å². The number of anilines is 2. The number of pyridine rings is 1. The minimum Gasteiger partial charge on any atom is -0.396 e. The minimum absolute atomic E-state index is 0.159. The van der Waals surface area contributed by atoms with Crippen LogP contribution in [0.4, 0.5) is 11.5 Å². The van der Waals surface area contributed by atoms with Crippen LogP contribution in [0.3, 0.4) is 0 Å². The van der Waals surface area contributed by atoms with Gasteiger partial charge in [-0.05, 0) is 36.6 Å². The fourth-order valence-corrected chi connectivity index (χ4v) is 1.69. The topological polar surface area (TPSA) is 45.2 Å². The second-order valence-electron chi connectivity index (χ2n) is 3.97. The van der Waals surface area contributed by atoms with Crippen molar-refractivity contribution in [3.8, 4) is 0 Å². The third kappa shape index (κ3) is 3.04. The number of hydrogen-bond donors (Lipinski definition) is 2. The van der Waals surface area contributed by atoms with E-state index in [1.54, 1.807) is 6.20 Å². The first kappa shape index (κ1) is 11.6. The third-order valence-electron chi connectivity index (χ3n) is 2.57. The summed E-state index contributed by atoms with van der Waals surface area (Å²) in [4.78, 5) is 4.37. The lowest BCUT2D eigenvalue weighted by Crippen LogP contribution is -1.99. The number of aryl methyl sites for hydroxylation is 1. The Hall–Kier alpha value is -1.87. The van der Waals surface area contributed by atoms with Crippen molar-refractivity contribution in [1.82, 2.24) is 4.98 Å². The van der Waals surface area contributed by atoms with Crippen LogP contribution in [0.5, 0.6) is 0 Å². The number of rotatable bonds is 4. The molecule has 0 atom stereocenters. The summed E-state index contributed by atoms with van der Waals surface area (Å²) >= 11 is 0. The van der Waals surface area contributed by atoms with Gasteiger partial charge >= 0.3 is 0 Å². The van der Waals surface area contributed by atoms with Gasteiger partial charge < -0.3 is 10.4 Å². The average molecular weight is 228 g/mol. The lowest BCUT2D eigenvalue weighted by Gasteiger charge is -2.09. The van der Waals surface area contributed by atoms with E-state index >= 15 is 0 Å². The molecule has 0 aliphatic carbocycles. The molecule has 1 aromatic carbocycles. The van der Waals surface area contributed by atoms with Gasteiger partial charge in [-0.1, -0.05) is 24.3 Å². The molecule has 0 amide bonds. The van der Waals surface area contributed by atoms with E-state index < -0.39 is 0 Å². The summed E-state index contributed by atoms with van der Waals surface area (Å²) < 4.78 is 0. The molecule has 1 aromatic heterocycles. The van der Waals surface area contributed by atoms with Crippen molar-refractivity contribution in [2.24, 2.45) is 0 Å². The Bertz CT molecular complexity index is 483. The van der Waals surface area contributed by atoms with Gasteiger partial charge in [-0.15, -0.1) is 0 Å². The molecule has 0 aliphatic heterocycles. The third-order valence-corrected chi connectivity index (χ3v) is 2.57. The van der Waals surface area contributed by atoms with Crippen LogP contribution < -0.4 is 5.32 Å². The molecule has 2 N–H and O–H groups in total. The molecule has 3 heteroatoms. The maximum atomic E-state index is 8.87. The Kier molecular flexibility index (Phi) is 3.73. The van der Waals surface area contributed by atoms with E-state index in [2.05, 4.69) is 16.4 Å². The zero-order chi connectivity index (χ0) is 12.1. The van der Waals surface area contributed by atoms with E-state index in [0.29, 0.717) is 6.42 Å². The second-order valence-corrected chi connectivity index (χ2v) is 3.97. The fraction of sp³-hybridized carbons (Fsp3) is 0.214. The summed E-state index contributed by atoms with van der Waals surface area (Å²) in [5.74, 6) is 0.859. The number of nitrogens with zero attached hydrogens (tertiary/aromatic N) is 1. The van der Waals surface area contributed by atoms with Gasteiger partial charge in [-0.3, -0.25) is 0 Å². The van der Waals surface area contributed by atoms with E-state index in [0.717, 1.165) is 22.6 Å². The monoisotopic (exact) mass is 228 g/mol. The Morgan fingerprint density at radius 1 is 1.24 bits per heavy atom. The standard InChI is InChI=1S/C14H16N2O/c1-11-9-12(7-8-17)10-15-14(11)16-13-5-3-2-4-6-13/h2-6,9-10,17H,7-8H2,1H3,(H,15,16). The molecule has 0 saturated carbocycles. The molecular formula is C14H16N2O. The number of hydrogen-bond acceptors (Lipinski definition) is 3. The van der Waals surface area contributed by atoms with Crippen LogP contribution in [0.25, 0.3) is 0 Å². The van der Waals surface area contributed by atoms with Crippen LogP contribution >= 0.6 is 0 Å². The van der Waals surface area contributed by atoms with E-state index in [9.17, 15) is 0 Å². The number of para-hydroxylation sites is 1. The quantitative estimate of drug-likeness (QED) is 0.845. The predicted octanol–water partition coefficient (Wildman–Crippen LogP) is 2.67. The highest BCUT2D eigenvalue weighted by Crippen LogP contribution is 2.18. The van der Waals surface area contributed by atoms with E-state index in [1.807, 2.05) is 37.3 Å². The Morgan fingerprint density at radius 3 is 2.65 bits per heavy atom. The zero-order valence-corrected chi connectivity index (χ0v) is 9.85. The number of nitrogens with one attached hydrogen (secondary N) is 1. The van der Waals surface area contributed by atoms with Gasteiger partial charge in [-0.25, -0.2) is 4.98 Å². The van der Waals surface area contributed by atoms with Gasteiger partial charge in [0.05, 0.1) is 0 Å². The molecule has 2 aromatic rings. The van der Waals surface area contributed by atoms with E-state index in [1.165, 1.54) is 0 Å². The van der Waals surface area contributed by atoms with Crippen LogP contribution in [0.15, 0.2) is 42.6 Å². The smallest absolute Gasteiger partial charge is 0.133 e. The largest absolute Gasteiger partial charge is 0.396 e. The van der Waals surface area contributed by atoms with Crippen LogP contribution in [0.1, 0.15) is 11.1 Å². The molecule has 1 heterocycles. The van der Waals surface area contributed by atoms with Crippen molar-refractivity contribution in [3.05, 3.63) is 53.7 Å². The maximum Gasteiger partial charge on any atom is 0.133 e. The normalized spacial score (nSPS) is 10.2. The first-order valence-corrected chi connectivity index (χ1v) is 5.68. The van der Waals surface area contributed by atoms with E-state index in [-0.39, 0.29) is 6.61 Å². The number of aliphatic hydroxyl groups excluding tert-OH is 1. The molecular weight excluding hydrogens is 212 g/mol. The predicted molar refractivity (Wildman–Crippen MR) is 69.5 cm³/mol. The molecule has 0 bridgehead atoms. The summed E-state index contributed by atoms with van der Waals surface area (Å²) in [5.41, 5.74) is 3.17. The van der Waals surface area contributed by atoms with Crippen LogP contribution in [-0.2, 0) is 6.42 Å². The highest BCUT2D eigenvalue weighted by atomic mass is 16.2. The van der Waals surface area contributed by atoms with E-state index in [4.69, 9.17) is 5.11 Å². The van der Waals surface area contributed by atoms with Crippen molar-refractivity contribution < 1.29 is 5.11 Å². The Labute approximate surface area is 101 Å². The molecule has 88 valence electrons. The summed E-state index contributed by atoms with van der Waals surface area (Å²) in [6.45, 7) is 2.17. The molecule has 3 nitrogen and oxygen atoms in total. The van der Waals surface area contributed by atoms with Crippen LogP contribution in [-0.4, -0.2) is 16.7 Å². The van der Waals surface area contributed by atoms with Crippen molar-refractivity contribution in [1.29, 1.82) is 0 Å². The highest BCUT2D eigenvalue weighted by Gasteiger charge is 2.01. The molecule has 2 rings (SSSR count). The number of benzene rings is 1. The Balaban J connectivity index is 2.17. The first-order valence-electron chi connectivity index (χ1n) is 5.68. The number of aromatic nitrogens is 1. The summed E-state index contributed by atoms with van der Waals surface area (Å²) in [5, 5.41) is 12.1. The molecule has 0 aliphatic rings. The SMILES string of the molecule is Cc1cc(CCO)cnc1Nc1ccccc1. The molecule has 17 heavy (non-hydrogen) atoms. The van der Waals surface area contributed by atoms with Gasteiger partial charge in [0, 0.05) is 18.5 Å². The van der Waals surface area contributed by atoms with Gasteiger partial charge in [-0.2, -0.15) is 0 Å². The molecule has 0 radical (unpaired) electrons. The molecule has 0 saturated heterocycles. The van der Waals surface area contributed by atoms with Crippen LogP contribution in [0, 0.1) is 6.92 Å². The minimum atomic E-state index is 0.159. The lowest BCUT2D eigenvalue weighted by atomic mass is 10.1. The molecule has 0 spiro atoms. The lowest BCUT2D eigenvalue weighted by molar-refractivity contribution is 0.299. The van der Waals surface area contributed by atoms with Gasteiger partial charge in [0.1, 0.15) is 5.82 Å². The zero-order valence-electron chi connectivity index (χ0n) is 9.85. The average Bonchev–Trinajstić information content (AvgIpc) is 2.34. The van der Waals surface area contributed by atoms with Crippen LogP contribution in [0.2, 0.25) is 0 Å². The fourth-order valence-electron chi connectivity index (χ4n) is 1.69. The second kappa shape index (κ2) is 5.46. The summed E-state index contributed by atoms with van der Waals surface area (Å²) in [6, 6.07) is 12.0. The van der Waals surface area contributed by atoms with Crippen molar-refractivity contribution in [2.75, 3.05) is 11.9 Å².